The number of carbonyl (C=O) groups is 2. The Hall–Kier alpha value is -3.42. The van der Waals surface area contributed by atoms with Crippen molar-refractivity contribution in [3.8, 4) is 0 Å². The summed E-state index contributed by atoms with van der Waals surface area (Å²) in [5, 5.41) is 13.1. The van der Waals surface area contributed by atoms with Crippen LogP contribution in [0.15, 0.2) is 48.5 Å². The van der Waals surface area contributed by atoms with E-state index in [2.05, 4.69) is 16.3 Å². The number of hydrogen-bond donors (Lipinski definition) is 1. The predicted octanol–water partition coefficient (Wildman–Crippen LogP) is 2.19. The number of non-ortho nitro benzene ring substituents is 1. The molecule has 0 aromatic heterocycles. The molecule has 0 unspecified atom stereocenters. The SMILES string of the molecule is Cc1cccc(N2CCN(C(=O)C(=O)Nc3ccc([N+](=O)[O-])cc3)CC2)c1. The Bertz CT molecular complexity index is 858. The molecule has 2 aromatic rings. The van der Waals surface area contributed by atoms with E-state index in [1.165, 1.54) is 34.7 Å². The minimum Gasteiger partial charge on any atom is -0.368 e. The van der Waals surface area contributed by atoms with E-state index in [0.29, 0.717) is 31.9 Å². The van der Waals surface area contributed by atoms with Crippen molar-refractivity contribution in [2.45, 2.75) is 6.92 Å². The lowest BCUT2D eigenvalue weighted by Gasteiger charge is -2.35. The van der Waals surface area contributed by atoms with E-state index in [0.717, 1.165) is 5.69 Å². The predicted molar refractivity (Wildman–Crippen MR) is 102 cm³/mol. The molecule has 0 aliphatic carbocycles. The molecular formula is C19H20N4O4. The molecule has 8 nitrogen and oxygen atoms in total. The van der Waals surface area contributed by atoms with Crippen molar-refractivity contribution < 1.29 is 14.5 Å². The van der Waals surface area contributed by atoms with Crippen LogP contribution in [0, 0.1) is 17.0 Å². The second-order valence-electron chi connectivity index (χ2n) is 6.38. The van der Waals surface area contributed by atoms with Crippen molar-refractivity contribution in [1.29, 1.82) is 0 Å². The van der Waals surface area contributed by atoms with Gasteiger partial charge in [0.05, 0.1) is 4.92 Å². The molecule has 1 heterocycles. The van der Waals surface area contributed by atoms with E-state index in [-0.39, 0.29) is 5.69 Å². The zero-order valence-electron chi connectivity index (χ0n) is 14.9. The Morgan fingerprint density at radius 2 is 1.70 bits per heavy atom. The molecule has 0 atom stereocenters. The molecule has 0 saturated carbocycles. The monoisotopic (exact) mass is 368 g/mol. The molecule has 3 rings (SSSR count). The van der Waals surface area contributed by atoms with E-state index in [9.17, 15) is 19.7 Å². The van der Waals surface area contributed by atoms with Crippen LogP contribution in [0.4, 0.5) is 17.1 Å². The number of nitrogens with zero attached hydrogens (tertiary/aromatic N) is 3. The molecule has 2 amide bonds. The summed E-state index contributed by atoms with van der Waals surface area (Å²) in [6, 6.07) is 13.5. The summed E-state index contributed by atoms with van der Waals surface area (Å²) in [5.74, 6) is -1.34. The third kappa shape index (κ3) is 4.41. The van der Waals surface area contributed by atoms with Crippen LogP contribution in [0.5, 0.6) is 0 Å². The van der Waals surface area contributed by atoms with Gasteiger partial charge >= 0.3 is 11.8 Å². The number of rotatable bonds is 3. The van der Waals surface area contributed by atoms with Crippen molar-refractivity contribution in [2.24, 2.45) is 0 Å². The fourth-order valence-electron chi connectivity index (χ4n) is 2.99. The van der Waals surface area contributed by atoms with E-state index >= 15 is 0 Å². The molecule has 140 valence electrons. The molecule has 1 aliphatic rings. The first-order valence-electron chi connectivity index (χ1n) is 8.60. The van der Waals surface area contributed by atoms with Crippen molar-refractivity contribution in [3.05, 3.63) is 64.2 Å². The maximum Gasteiger partial charge on any atom is 0.313 e. The Morgan fingerprint density at radius 3 is 2.30 bits per heavy atom. The smallest absolute Gasteiger partial charge is 0.313 e. The van der Waals surface area contributed by atoms with Gasteiger partial charge in [-0.1, -0.05) is 12.1 Å². The summed E-state index contributed by atoms with van der Waals surface area (Å²) < 4.78 is 0. The highest BCUT2D eigenvalue weighted by atomic mass is 16.6. The van der Waals surface area contributed by atoms with Gasteiger partial charge in [0.15, 0.2) is 0 Å². The maximum absolute atomic E-state index is 12.4. The third-order valence-corrected chi connectivity index (χ3v) is 4.46. The number of amides is 2. The molecule has 2 aromatic carbocycles. The van der Waals surface area contributed by atoms with Gasteiger partial charge in [0.25, 0.3) is 5.69 Å². The number of carbonyl (C=O) groups excluding carboxylic acids is 2. The molecule has 1 saturated heterocycles. The highest BCUT2D eigenvalue weighted by molar-refractivity contribution is 6.39. The number of hydrogen-bond acceptors (Lipinski definition) is 5. The standard InChI is InChI=1S/C19H20N4O4/c1-14-3-2-4-17(13-14)21-9-11-22(12-10-21)19(25)18(24)20-15-5-7-16(8-6-15)23(26)27/h2-8,13H,9-12H2,1H3,(H,20,24). The summed E-state index contributed by atoms with van der Waals surface area (Å²) >= 11 is 0. The minimum absolute atomic E-state index is 0.0772. The van der Waals surface area contributed by atoms with Gasteiger partial charge < -0.3 is 15.1 Å². The number of nitro groups is 1. The Morgan fingerprint density at radius 1 is 1.04 bits per heavy atom. The van der Waals surface area contributed by atoms with Crippen molar-refractivity contribution >= 4 is 28.9 Å². The van der Waals surface area contributed by atoms with E-state index in [1.54, 1.807) is 0 Å². The topological polar surface area (TPSA) is 95.8 Å². The van der Waals surface area contributed by atoms with Crippen LogP contribution >= 0.6 is 0 Å². The highest BCUT2D eigenvalue weighted by Gasteiger charge is 2.26. The van der Waals surface area contributed by atoms with E-state index in [1.807, 2.05) is 25.1 Å². The zero-order chi connectivity index (χ0) is 19.4. The maximum atomic E-state index is 12.4. The summed E-state index contributed by atoms with van der Waals surface area (Å²) in [5.41, 5.74) is 2.55. The van der Waals surface area contributed by atoms with E-state index in [4.69, 9.17) is 0 Å². The Kier molecular flexibility index (Phi) is 5.35. The van der Waals surface area contributed by atoms with Gasteiger partial charge in [0.1, 0.15) is 0 Å². The van der Waals surface area contributed by atoms with Gasteiger partial charge in [0, 0.05) is 49.7 Å². The van der Waals surface area contributed by atoms with Gasteiger partial charge in [-0.3, -0.25) is 19.7 Å². The molecule has 0 radical (unpaired) electrons. The van der Waals surface area contributed by atoms with Crippen LogP contribution in [-0.2, 0) is 9.59 Å². The van der Waals surface area contributed by atoms with E-state index < -0.39 is 16.7 Å². The fraction of sp³-hybridized carbons (Fsp3) is 0.263. The van der Waals surface area contributed by atoms with Gasteiger partial charge in [-0.15, -0.1) is 0 Å². The molecule has 27 heavy (non-hydrogen) atoms. The number of nitro benzene ring substituents is 1. The molecule has 1 N–H and O–H groups in total. The number of aryl methyl sites for hydroxylation is 1. The number of piperazine rings is 1. The number of nitrogens with one attached hydrogen (secondary N) is 1. The molecule has 0 spiro atoms. The van der Waals surface area contributed by atoms with Crippen molar-refractivity contribution in [1.82, 2.24) is 4.90 Å². The lowest BCUT2D eigenvalue weighted by molar-refractivity contribution is -0.384. The lowest BCUT2D eigenvalue weighted by Crippen LogP contribution is -2.51. The second kappa shape index (κ2) is 7.86. The quantitative estimate of drug-likeness (QED) is 0.509. The van der Waals surface area contributed by atoms with Gasteiger partial charge in [-0.25, -0.2) is 0 Å². The van der Waals surface area contributed by atoms with Crippen LogP contribution in [-0.4, -0.2) is 47.8 Å². The molecular weight excluding hydrogens is 348 g/mol. The normalized spacial score (nSPS) is 14.0. The minimum atomic E-state index is -0.743. The molecule has 0 bridgehead atoms. The number of anilines is 2. The van der Waals surface area contributed by atoms with Crippen LogP contribution < -0.4 is 10.2 Å². The largest absolute Gasteiger partial charge is 0.368 e. The van der Waals surface area contributed by atoms with Crippen molar-refractivity contribution in [3.63, 3.8) is 0 Å². The Labute approximate surface area is 156 Å². The Balaban J connectivity index is 1.55. The fourth-order valence-corrected chi connectivity index (χ4v) is 2.99. The first-order valence-corrected chi connectivity index (χ1v) is 8.60. The summed E-state index contributed by atoms with van der Waals surface area (Å²) in [6.07, 6.45) is 0. The average molecular weight is 368 g/mol. The van der Waals surface area contributed by atoms with Crippen LogP contribution in [0.25, 0.3) is 0 Å². The second-order valence-corrected chi connectivity index (χ2v) is 6.38. The van der Waals surface area contributed by atoms with Crippen molar-refractivity contribution in [2.75, 3.05) is 36.4 Å². The highest BCUT2D eigenvalue weighted by Crippen LogP contribution is 2.18. The third-order valence-electron chi connectivity index (χ3n) is 4.46. The molecule has 8 heteroatoms. The first-order chi connectivity index (χ1) is 12.9. The first kappa shape index (κ1) is 18.4. The zero-order valence-corrected chi connectivity index (χ0v) is 14.9. The summed E-state index contributed by atoms with van der Waals surface area (Å²) in [4.78, 5) is 38.4. The molecule has 1 fully saturated rings. The summed E-state index contributed by atoms with van der Waals surface area (Å²) in [7, 11) is 0. The van der Waals surface area contributed by atoms with Gasteiger partial charge in [-0.05, 0) is 36.8 Å². The van der Waals surface area contributed by atoms with Gasteiger partial charge in [0.2, 0.25) is 0 Å². The van der Waals surface area contributed by atoms with Crippen LogP contribution in [0.3, 0.4) is 0 Å². The lowest BCUT2D eigenvalue weighted by atomic mass is 10.2. The summed E-state index contributed by atoms with van der Waals surface area (Å²) in [6.45, 7) is 4.26. The number of benzene rings is 2. The molecule has 1 aliphatic heterocycles. The van der Waals surface area contributed by atoms with Gasteiger partial charge in [-0.2, -0.15) is 0 Å². The average Bonchev–Trinajstić information content (AvgIpc) is 2.68. The van der Waals surface area contributed by atoms with Crippen LogP contribution in [0.2, 0.25) is 0 Å². The van der Waals surface area contributed by atoms with Crippen LogP contribution in [0.1, 0.15) is 5.56 Å².